The van der Waals surface area contributed by atoms with Crippen LogP contribution in [0, 0.1) is 0 Å². The Kier molecular flexibility index (Phi) is 1.91. The van der Waals surface area contributed by atoms with E-state index < -0.39 is 0 Å². The monoisotopic (exact) mass is 224 g/mol. The molecule has 0 saturated heterocycles. The zero-order valence-corrected chi connectivity index (χ0v) is 9.23. The molecule has 0 bridgehead atoms. The van der Waals surface area contributed by atoms with E-state index in [4.69, 9.17) is 0 Å². The normalized spacial score (nSPS) is 14.9. The third kappa shape index (κ3) is 1.07. The van der Waals surface area contributed by atoms with Gasteiger partial charge in [-0.2, -0.15) is 0 Å². The van der Waals surface area contributed by atoms with Crippen molar-refractivity contribution in [1.29, 1.82) is 0 Å². The van der Waals surface area contributed by atoms with Crippen molar-refractivity contribution in [3.05, 3.63) is 6.33 Å². The van der Waals surface area contributed by atoms with Gasteiger partial charge >= 0.3 is 0 Å². The number of imidazole rings is 1. The molecule has 0 saturated carbocycles. The lowest BCUT2D eigenvalue weighted by Crippen LogP contribution is -1.95. The standard InChI is InChI=1S/C8H8N4S2/c1-13-7-5-6(9-4-10-7)12-2-3-14-8(12)11-5/h4H,2-3H2,1H3. The number of nitrogens with zero attached hydrogens (tertiary/aromatic N) is 4. The molecule has 0 atom stereocenters. The molecule has 0 spiro atoms. The first kappa shape index (κ1) is 8.55. The fourth-order valence-corrected chi connectivity index (χ4v) is 3.01. The molecule has 3 rings (SSSR count). The van der Waals surface area contributed by atoms with Crippen LogP contribution in [-0.2, 0) is 6.54 Å². The average molecular weight is 224 g/mol. The van der Waals surface area contributed by atoms with Crippen LogP contribution in [0.2, 0.25) is 0 Å². The van der Waals surface area contributed by atoms with E-state index in [2.05, 4.69) is 19.5 Å². The minimum atomic E-state index is 0.946. The van der Waals surface area contributed by atoms with Gasteiger partial charge in [0, 0.05) is 12.3 Å². The van der Waals surface area contributed by atoms with Crippen LogP contribution in [0.15, 0.2) is 16.5 Å². The summed E-state index contributed by atoms with van der Waals surface area (Å²) in [5.74, 6) is 1.11. The predicted molar refractivity (Wildman–Crippen MR) is 57.8 cm³/mol. The molecular weight excluding hydrogens is 216 g/mol. The highest BCUT2D eigenvalue weighted by atomic mass is 32.2. The van der Waals surface area contributed by atoms with E-state index in [0.29, 0.717) is 0 Å². The number of aryl methyl sites for hydroxylation is 1. The number of hydrogen-bond acceptors (Lipinski definition) is 5. The maximum absolute atomic E-state index is 4.54. The summed E-state index contributed by atoms with van der Waals surface area (Å²) in [4.78, 5) is 13.0. The molecule has 2 aromatic heterocycles. The van der Waals surface area contributed by atoms with Gasteiger partial charge in [0.2, 0.25) is 0 Å². The SMILES string of the molecule is CSc1ncnc2c1nc1n2CCS1. The highest BCUT2D eigenvalue weighted by molar-refractivity contribution is 7.99. The largest absolute Gasteiger partial charge is 0.303 e. The summed E-state index contributed by atoms with van der Waals surface area (Å²) in [6.45, 7) is 1.02. The van der Waals surface area contributed by atoms with Gasteiger partial charge in [0.25, 0.3) is 0 Å². The Morgan fingerprint density at radius 3 is 3.29 bits per heavy atom. The van der Waals surface area contributed by atoms with Crippen molar-refractivity contribution in [3.63, 3.8) is 0 Å². The summed E-state index contributed by atoms with van der Waals surface area (Å²) in [5.41, 5.74) is 1.92. The van der Waals surface area contributed by atoms with Crippen LogP contribution in [0.5, 0.6) is 0 Å². The van der Waals surface area contributed by atoms with Gasteiger partial charge in [-0.1, -0.05) is 11.8 Å². The highest BCUT2D eigenvalue weighted by Gasteiger charge is 2.19. The molecule has 1 aliphatic rings. The van der Waals surface area contributed by atoms with Gasteiger partial charge in [-0.15, -0.1) is 11.8 Å². The summed E-state index contributed by atoms with van der Waals surface area (Å²) in [6, 6.07) is 0. The van der Waals surface area contributed by atoms with Crippen molar-refractivity contribution in [2.45, 2.75) is 16.7 Å². The molecule has 4 nitrogen and oxygen atoms in total. The van der Waals surface area contributed by atoms with E-state index in [1.54, 1.807) is 29.9 Å². The lowest BCUT2D eigenvalue weighted by Gasteiger charge is -1.97. The van der Waals surface area contributed by atoms with Crippen LogP contribution >= 0.6 is 23.5 Å². The smallest absolute Gasteiger partial charge is 0.170 e. The van der Waals surface area contributed by atoms with Gasteiger partial charge < -0.3 is 4.57 Å². The quantitative estimate of drug-likeness (QED) is 0.544. The Bertz CT molecular complexity index is 493. The second-order valence-electron chi connectivity index (χ2n) is 2.95. The van der Waals surface area contributed by atoms with E-state index >= 15 is 0 Å². The van der Waals surface area contributed by atoms with E-state index in [1.165, 1.54) is 0 Å². The third-order valence-electron chi connectivity index (χ3n) is 2.20. The van der Waals surface area contributed by atoms with Gasteiger partial charge in [0.05, 0.1) is 0 Å². The Morgan fingerprint density at radius 1 is 1.50 bits per heavy atom. The van der Waals surface area contributed by atoms with Crippen LogP contribution in [0.25, 0.3) is 11.2 Å². The highest BCUT2D eigenvalue weighted by Crippen LogP contribution is 2.31. The molecule has 2 aromatic rings. The molecule has 0 aliphatic carbocycles. The maximum Gasteiger partial charge on any atom is 0.170 e. The number of thioether (sulfide) groups is 2. The molecule has 0 radical (unpaired) electrons. The van der Waals surface area contributed by atoms with Crippen molar-refractivity contribution >= 4 is 34.7 Å². The summed E-state index contributed by atoms with van der Waals surface area (Å²) >= 11 is 3.41. The summed E-state index contributed by atoms with van der Waals surface area (Å²) in [5, 5.41) is 2.05. The van der Waals surface area contributed by atoms with Crippen molar-refractivity contribution in [1.82, 2.24) is 19.5 Å². The van der Waals surface area contributed by atoms with Crippen LogP contribution in [0.4, 0.5) is 0 Å². The Labute approximate surface area is 89.5 Å². The van der Waals surface area contributed by atoms with Gasteiger partial charge in [0.1, 0.15) is 16.9 Å². The topological polar surface area (TPSA) is 43.6 Å². The lowest BCUT2D eigenvalue weighted by atomic mass is 10.5. The molecule has 0 unspecified atom stereocenters. The first-order chi connectivity index (χ1) is 6.90. The first-order valence-electron chi connectivity index (χ1n) is 4.28. The fraction of sp³-hybridized carbons (Fsp3) is 0.375. The molecule has 1 aliphatic heterocycles. The summed E-state index contributed by atoms with van der Waals surface area (Å²) in [7, 11) is 0. The number of hydrogen-bond donors (Lipinski definition) is 0. The molecule has 72 valence electrons. The maximum atomic E-state index is 4.54. The Morgan fingerprint density at radius 2 is 2.43 bits per heavy atom. The summed E-state index contributed by atoms with van der Waals surface area (Å²) < 4.78 is 2.17. The van der Waals surface area contributed by atoms with Gasteiger partial charge in [-0.25, -0.2) is 15.0 Å². The Hall–Kier alpha value is -0.750. The molecule has 0 amide bonds. The fourth-order valence-electron chi connectivity index (χ4n) is 1.59. The average Bonchev–Trinajstić information content (AvgIpc) is 2.76. The van der Waals surface area contributed by atoms with Gasteiger partial charge in [-0.3, -0.25) is 0 Å². The van der Waals surface area contributed by atoms with Crippen LogP contribution < -0.4 is 0 Å². The minimum Gasteiger partial charge on any atom is -0.303 e. The molecule has 3 heterocycles. The first-order valence-corrected chi connectivity index (χ1v) is 6.49. The molecule has 14 heavy (non-hydrogen) atoms. The summed E-state index contributed by atoms with van der Waals surface area (Å²) in [6.07, 6.45) is 3.63. The number of fused-ring (bicyclic) bond motifs is 3. The molecule has 0 aromatic carbocycles. The molecule has 6 heteroatoms. The van der Waals surface area contributed by atoms with Gasteiger partial charge in [0.15, 0.2) is 10.8 Å². The van der Waals surface area contributed by atoms with E-state index in [-0.39, 0.29) is 0 Å². The molecular formula is C8H8N4S2. The van der Waals surface area contributed by atoms with Crippen molar-refractivity contribution in [2.75, 3.05) is 12.0 Å². The lowest BCUT2D eigenvalue weighted by molar-refractivity contribution is 0.735. The van der Waals surface area contributed by atoms with Gasteiger partial charge in [-0.05, 0) is 6.26 Å². The number of rotatable bonds is 1. The minimum absolute atomic E-state index is 0.946. The molecule has 0 N–H and O–H groups in total. The zero-order chi connectivity index (χ0) is 9.54. The van der Waals surface area contributed by atoms with E-state index in [0.717, 1.165) is 33.6 Å². The van der Waals surface area contributed by atoms with Crippen LogP contribution in [0.1, 0.15) is 0 Å². The second-order valence-corrected chi connectivity index (χ2v) is 4.81. The Balaban J connectivity index is 2.36. The molecule has 0 fully saturated rings. The van der Waals surface area contributed by atoms with Crippen LogP contribution in [-0.4, -0.2) is 31.5 Å². The van der Waals surface area contributed by atoms with Crippen molar-refractivity contribution in [3.8, 4) is 0 Å². The third-order valence-corrected chi connectivity index (χ3v) is 3.84. The van der Waals surface area contributed by atoms with Crippen molar-refractivity contribution < 1.29 is 0 Å². The second kappa shape index (κ2) is 3.13. The zero-order valence-electron chi connectivity index (χ0n) is 7.60. The predicted octanol–water partition coefficient (Wildman–Crippen LogP) is 1.65. The van der Waals surface area contributed by atoms with Crippen molar-refractivity contribution in [2.24, 2.45) is 0 Å². The van der Waals surface area contributed by atoms with E-state index in [9.17, 15) is 0 Å². The number of aromatic nitrogens is 4. The van der Waals surface area contributed by atoms with E-state index in [1.807, 2.05) is 6.26 Å². The van der Waals surface area contributed by atoms with Crippen LogP contribution in [0.3, 0.4) is 0 Å².